The number of ether oxygens (including phenoxy) is 1. The summed E-state index contributed by atoms with van der Waals surface area (Å²) in [7, 11) is 0. The first kappa shape index (κ1) is 23.9. The second-order valence-corrected chi connectivity index (χ2v) is 8.02. The highest BCUT2D eigenvalue weighted by atomic mass is 16.6. The van der Waals surface area contributed by atoms with Crippen LogP contribution in [0.4, 0.5) is 0 Å². The van der Waals surface area contributed by atoms with E-state index in [2.05, 4.69) is 0 Å². The fourth-order valence-corrected chi connectivity index (χ4v) is 3.68. The van der Waals surface area contributed by atoms with Gasteiger partial charge in [-0.15, -0.1) is 0 Å². The van der Waals surface area contributed by atoms with Crippen molar-refractivity contribution in [1.82, 2.24) is 0 Å². The summed E-state index contributed by atoms with van der Waals surface area (Å²) in [5.74, 6) is -1.48. The monoisotopic (exact) mass is 384 g/mol. The molecule has 0 aromatic carbocycles. The third-order valence-electron chi connectivity index (χ3n) is 5.46. The molecule has 2 unspecified atom stereocenters. The number of unbranched alkanes of at least 4 members (excludes halogenated alkanes) is 15. The van der Waals surface area contributed by atoms with Gasteiger partial charge in [0.15, 0.2) is 6.10 Å². The van der Waals surface area contributed by atoms with Crippen molar-refractivity contribution >= 4 is 11.9 Å². The Labute approximate surface area is 164 Å². The van der Waals surface area contributed by atoms with E-state index in [1.807, 2.05) is 0 Å². The molecule has 158 valence electrons. The van der Waals surface area contributed by atoms with Gasteiger partial charge in [0, 0.05) is 6.42 Å². The van der Waals surface area contributed by atoms with Crippen LogP contribution in [0.25, 0.3) is 0 Å². The molecule has 0 saturated carbocycles. The second-order valence-electron chi connectivity index (χ2n) is 8.02. The van der Waals surface area contributed by atoms with E-state index in [9.17, 15) is 9.59 Å². The minimum atomic E-state index is -0.812. The number of hydrogen-bond donors (Lipinski definition) is 2. The molecule has 0 bridgehead atoms. The fraction of sp³-hybridized carbons (Fsp3) is 0.909. The Hall–Kier alpha value is -1.10. The van der Waals surface area contributed by atoms with E-state index in [-0.39, 0.29) is 6.10 Å². The van der Waals surface area contributed by atoms with Crippen LogP contribution in [0.15, 0.2) is 0 Å². The summed E-state index contributed by atoms with van der Waals surface area (Å²) in [6, 6.07) is 0. The molecule has 1 heterocycles. The summed E-state index contributed by atoms with van der Waals surface area (Å²) in [6.07, 6.45) is 20.6. The Kier molecular flexibility index (Phi) is 14.1. The van der Waals surface area contributed by atoms with Crippen LogP contribution in [0.5, 0.6) is 0 Å². The summed E-state index contributed by atoms with van der Waals surface area (Å²) < 4.78 is 5.10. The SMILES string of the molecule is O=C(O)CCCCCCCCCCCCCCCCCCC1OC1C(=O)O. The van der Waals surface area contributed by atoms with Crippen LogP contribution in [0, 0.1) is 0 Å². The van der Waals surface area contributed by atoms with Crippen molar-refractivity contribution < 1.29 is 24.5 Å². The fourth-order valence-electron chi connectivity index (χ4n) is 3.68. The molecule has 1 rings (SSSR count). The molecule has 0 amide bonds. The molecule has 1 saturated heterocycles. The van der Waals surface area contributed by atoms with Crippen molar-refractivity contribution in [3.05, 3.63) is 0 Å². The predicted octanol–water partition coefficient (Wildman–Crippen LogP) is 5.94. The predicted molar refractivity (Wildman–Crippen MR) is 107 cm³/mol. The normalized spacial score (nSPS) is 18.5. The van der Waals surface area contributed by atoms with Gasteiger partial charge in [-0.1, -0.05) is 96.3 Å². The quantitative estimate of drug-likeness (QED) is 0.200. The van der Waals surface area contributed by atoms with E-state index < -0.39 is 18.0 Å². The molecule has 1 fully saturated rings. The zero-order valence-corrected chi connectivity index (χ0v) is 17.0. The molecule has 5 nitrogen and oxygen atoms in total. The lowest BCUT2D eigenvalue weighted by Gasteiger charge is -2.03. The average Bonchev–Trinajstić information content (AvgIpc) is 3.40. The lowest BCUT2D eigenvalue weighted by molar-refractivity contribution is -0.138. The van der Waals surface area contributed by atoms with Crippen molar-refractivity contribution in [2.45, 2.75) is 128 Å². The molecule has 2 N–H and O–H groups in total. The molecule has 1 aliphatic heterocycles. The average molecular weight is 385 g/mol. The number of rotatable bonds is 20. The van der Waals surface area contributed by atoms with E-state index >= 15 is 0 Å². The Morgan fingerprint density at radius 2 is 0.963 bits per heavy atom. The van der Waals surface area contributed by atoms with Crippen LogP contribution in [0.3, 0.4) is 0 Å². The van der Waals surface area contributed by atoms with Crippen molar-refractivity contribution in [2.24, 2.45) is 0 Å². The maximum Gasteiger partial charge on any atom is 0.335 e. The Bertz CT molecular complexity index is 396. The van der Waals surface area contributed by atoms with Crippen LogP contribution in [0.1, 0.15) is 116 Å². The highest BCUT2D eigenvalue weighted by Gasteiger charge is 2.44. The minimum absolute atomic E-state index is 0.0144. The maximum absolute atomic E-state index is 10.6. The van der Waals surface area contributed by atoms with Crippen LogP contribution in [-0.2, 0) is 14.3 Å². The molecule has 5 heteroatoms. The van der Waals surface area contributed by atoms with Crippen LogP contribution in [-0.4, -0.2) is 34.4 Å². The van der Waals surface area contributed by atoms with Crippen molar-refractivity contribution in [1.29, 1.82) is 0 Å². The van der Waals surface area contributed by atoms with Crippen molar-refractivity contribution in [3.63, 3.8) is 0 Å². The van der Waals surface area contributed by atoms with E-state index in [1.54, 1.807) is 0 Å². The molecule has 0 aliphatic carbocycles. The number of aliphatic carboxylic acids is 2. The third-order valence-corrected chi connectivity index (χ3v) is 5.46. The van der Waals surface area contributed by atoms with Gasteiger partial charge in [-0.05, 0) is 12.8 Å². The first-order chi connectivity index (χ1) is 13.1. The number of carboxylic acids is 2. The standard InChI is InChI=1S/C22H40O5/c23-20(24)18-16-14-12-10-8-6-4-2-1-3-5-7-9-11-13-15-17-19-21(27-19)22(25)26/h19,21H,1-18H2,(H,23,24)(H,25,26). The maximum atomic E-state index is 10.6. The van der Waals surface area contributed by atoms with Gasteiger partial charge in [-0.3, -0.25) is 4.79 Å². The summed E-state index contributed by atoms with van der Waals surface area (Å²) in [5, 5.41) is 17.3. The third kappa shape index (κ3) is 14.6. The van der Waals surface area contributed by atoms with E-state index in [4.69, 9.17) is 14.9 Å². The second kappa shape index (κ2) is 15.9. The molecule has 0 spiro atoms. The number of carboxylic acid groups (broad SMARTS) is 2. The minimum Gasteiger partial charge on any atom is -0.481 e. The van der Waals surface area contributed by atoms with Crippen LogP contribution in [0.2, 0.25) is 0 Å². The first-order valence-electron chi connectivity index (χ1n) is 11.2. The Morgan fingerprint density at radius 3 is 1.30 bits per heavy atom. The molecule has 2 atom stereocenters. The molecule has 0 aromatic rings. The molecule has 1 aliphatic rings. The van der Waals surface area contributed by atoms with Gasteiger partial charge in [-0.25, -0.2) is 4.79 Å². The summed E-state index contributed by atoms with van der Waals surface area (Å²) in [6.45, 7) is 0. The molecule has 0 aromatic heterocycles. The topological polar surface area (TPSA) is 87.1 Å². The largest absolute Gasteiger partial charge is 0.481 e. The van der Waals surface area contributed by atoms with Gasteiger partial charge in [-0.2, -0.15) is 0 Å². The number of hydrogen-bond acceptors (Lipinski definition) is 3. The summed E-state index contributed by atoms with van der Waals surface area (Å²) >= 11 is 0. The van der Waals surface area contributed by atoms with Gasteiger partial charge in [0.1, 0.15) is 0 Å². The zero-order valence-electron chi connectivity index (χ0n) is 17.0. The highest BCUT2D eigenvalue weighted by molar-refractivity contribution is 5.75. The van der Waals surface area contributed by atoms with Crippen LogP contribution < -0.4 is 0 Å². The van der Waals surface area contributed by atoms with Gasteiger partial charge in [0.05, 0.1) is 6.10 Å². The van der Waals surface area contributed by atoms with E-state index in [0.29, 0.717) is 6.42 Å². The first-order valence-corrected chi connectivity index (χ1v) is 11.2. The summed E-state index contributed by atoms with van der Waals surface area (Å²) in [4.78, 5) is 21.0. The van der Waals surface area contributed by atoms with E-state index in [1.165, 1.54) is 83.5 Å². The number of epoxide rings is 1. The van der Waals surface area contributed by atoms with Gasteiger partial charge >= 0.3 is 11.9 Å². The Morgan fingerprint density at radius 1 is 0.593 bits per heavy atom. The lowest BCUT2D eigenvalue weighted by atomic mass is 10.0. The van der Waals surface area contributed by atoms with Gasteiger partial charge in [0.25, 0.3) is 0 Å². The van der Waals surface area contributed by atoms with Gasteiger partial charge in [0.2, 0.25) is 0 Å². The molecule has 27 heavy (non-hydrogen) atoms. The lowest BCUT2D eigenvalue weighted by Crippen LogP contribution is -2.07. The van der Waals surface area contributed by atoms with Crippen molar-refractivity contribution in [2.75, 3.05) is 0 Å². The molecule has 0 radical (unpaired) electrons. The Balaban J connectivity index is 1.66. The van der Waals surface area contributed by atoms with Crippen LogP contribution >= 0.6 is 0 Å². The smallest absolute Gasteiger partial charge is 0.335 e. The molecular weight excluding hydrogens is 344 g/mol. The summed E-state index contributed by atoms with van der Waals surface area (Å²) in [5.41, 5.74) is 0. The number of carbonyl (C=O) groups is 2. The zero-order chi connectivity index (χ0) is 19.7. The van der Waals surface area contributed by atoms with E-state index in [0.717, 1.165) is 25.7 Å². The van der Waals surface area contributed by atoms with Gasteiger partial charge < -0.3 is 14.9 Å². The highest BCUT2D eigenvalue weighted by Crippen LogP contribution is 2.27. The van der Waals surface area contributed by atoms with Crippen molar-refractivity contribution in [3.8, 4) is 0 Å². The molecular formula is C22H40O5.